The first-order valence-electron chi connectivity index (χ1n) is 13.6. The number of pyridine rings is 1. The molecule has 0 fully saturated rings. The molecule has 228 valence electrons. The Kier molecular flexibility index (Phi) is 11.7. The van der Waals surface area contributed by atoms with Gasteiger partial charge in [0.15, 0.2) is 0 Å². The lowest BCUT2D eigenvalue weighted by Crippen LogP contribution is -2.54. The van der Waals surface area contributed by atoms with Gasteiger partial charge in [-0.3, -0.25) is 19.2 Å². The standard InChI is InChI=1S/C31H37N5O6S/c1-31(2,3)36-28(40)21-11-7-8-12-26(21)43-18-25(38)23(15-19-9-5-4-6-10-19)34-30(42)24(16-27(32)39)35-29(41)22-14-13-20(37)17-33-22/h4-14,17,23-25,37-38H,15-16,18H2,1-3H3,(H2,32,39)(H,34,42)(H,35,41)(H,36,40)/t23-,24-,25-/m0/s1. The molecule has 3 rings (SSSR count). The molecule has 0 aliphatic rings. The number of thioether (sulfide) groups is 1. The summed E-state index contributed by atoms with van der Waals surface area (Å²) in [7, 11) is 0. The minimum atomic E-state index is -1.35. The fourth-order valence-corrected chi connectivity index (χ4v) is 5.15. The van der Waals surface area contributed by atoms with E-state index in [-0.39, 0.29) is 29.5 Å². The summed E-state index contributed by atoms with van der Waals surface area (Å²) in [6.07, 6.45) is -0.254. The van der Waals surface area contributed by atoms with Crippen LogP contribution in [0.4, 0.5) is 0 Å². The van der Waals surface area contributed by atoms with E-state index < -0.39 is 47.9 Å². The number of hydrogen-bond donors (Lipinski definition) is 6. The Balaban J connectivity index is 1.78. The number of aromatic hydroxyl groups is 1. The van der Waals surface area contributed by atoms with Crippen LogP contribution in [0.5, 0.6) is 5.75 Å². The SMILES string of the molecule is CC(C)(C)NC(=O)c1ccccc1SC[C@H](O)[C@H](Cc1ccccc1)NC(=O)[C@H](CC(N)=O)NC(=O)c1ccc(O)cn1. The third-order valence-corrected chi connectivity index (χ3v) is 7.30. The van der Waals surface area contributed by atoms with Crippen LogP contribution in [0.1, 0.15) is 53.6 Å². The molecule has 0 unspecified atom stereocenters. The maximum absolute atomic E-state index is 13.4. The van der Waals surface area contributed by atoms with Crippen LogP contribution in [0.15, 0.2) is 77.8 Å². The second-order valence-electron chi connectivity index (χ2n) is 11.0. The highest BCUT2D eigenvalue weighted by molar-refractivity contribution is 7.99. The quantitative estimate of drug-likeness (QED) is 0.160. The van der Waals surface area contributed by atoms with Crippen molar-refractivity contribution < 1.29 is 29.4 Å². The Bertz CT molecular complexity index is 1410. The van der Waals surface area contributed by atoms with Crippen LogP contribution < -0.4 is 21.7 Å². The zero-order valence-corrected chi connectivity index (χ0v) is 25.1. The van der Waals surface area contributed by atoms with Gasteiger partial charge in [0.1, 0.15) is 17.5 Å². The smallest absolute Gasteiger partial charge is 0.270 e. The monoisotopic (exact) mass is 607 g/mol. The van der Waals surface area contributed by atoms with E-state index in [0.29, 0.717) is 10.5 Å². The van der Waals surface area contributed by atoms with E-state index in [1.807, 2.05) is 51.1 Å². The van der Waals surface area contributed by atoms with E-state index in [0.717, 1.165) is 11.8 Å². The fourth-order valence-electron chi connectivity index (χ4n) is 4.08. The Morgan fingerprint density at radius 3 is 2.23 bits per heavy atom. The first-order chi connectivity index (χ1) is 20.3. The molecule has 2 aromatic carbocycles. The number of rotatable bonds is 13. The van der Waals surface area contributed by atoms with Gasteiger partial charge in [-0.05, 0) is 57.0 Å². The van der Waals surface area contributed by atoms with Gasteiger partial charge in [-0.25, -0.2) is 4.98 Å². The summed E-state index contributed by atoms with van der Waals surface area (Å²) in [6.45, 7) is 5.66. The van der Waals surface area contributed by atoms with Crippen molar-refractivity contribution in [3.8, 4) is 5.75 Å². The van der Waals surface area contributed by atoms with Crippen molar-refractivity contribution in [2.24, 2.45) is 5.73 Å². The number of nitrogens with two attached hydrogens (primary N) is 1. The van der Waals surface area contributed by atoms with Crippen molar-refractivity contribution >= 4 is 35.4 Å². The van der Waals surface area contributed by atoms with Crippen molar-refractivity contribution in [1.29, 1.82) is 0 Å². The van der Waals surface area contributed by atoms with E-state index in [1.54, 1.807) is 24.3 Å². The summed E-state index contributed by atoms with van der Waals surface area (Å²) in [5.41, 5.74) is 6.15. The van der Waals surface area contributed by atoms with Crippen LogP contribution >= 0.6 is 11.8 Å². The Labute approximate surface area is 254 Å². The minimum absolute atomic E-state index is 0.0773. The molecule has 4 amide bonds. The zero-order chi connectivity index (χ0) is 31.6. The molecule has 0 spiro atoms. The molecular weight excluding hydrogens is 570 g/mol. The number of carbonyl (C=O) groups excluding carboxylic acids is 4. The fraction of sp³-hybridized carbons (Fsp3) is 0.323. The third-order valence-electron chi connectivity index (χ3n) is 6.13. The highest BCUT2D eigenvalue weighted by Crippen LogP contribution is 2.25. The predicted molar refractivity (Wildman–Crippen MR) is 163 cm³/mol. The van der Waals surface area contributed by atoms with Crippen molar-refractivity contribution in [3.63, 3.8) is 0 Å². The number of nitrogens with one attached hydrogen (secondary N) is 3. The van der Waals surface area contributed by atoms with Gasteiger partial charge in [0.25, 0.3) is 11.8 Å². The number of aromatic nitrogens is 1. The molecule has 0 radical (unpaired) electrons. The van der Waals surface area contributed by atoms with Crippen LogP contribution in [0, 0.1) is 0 Å². The molecular formula is C31H37N5O6S. The first kappa shape index (κ1) is 33.1. The summed E-state index contributed by atoms with van der Waals surface area (Å²) >= 11 is 1.27. The lowest BCUT2D eigenvalue weighted by molar-refractivity contribution is -0.128. The van der Waals surface area contributed by atoms with Crippen LogP contribution in [0.3, 0.4) is 0 Å². The van der Waals surface area contributed by atoms with E-state index in [4.69, 9.17) is 5.73 Å². The van der Waals surface area contributed by atoms with Gasteiger partial charge >= 0.3 is 0 Å². The maximum atomic E-state index is 13.4. The number of benzene rings is 2. The number of primary amides is 1. The Hall–Kier alpha value is -4.42. The van der Waals surface area contributed by atoms with Crippen LogP contribution in [0.2, 0.25) is 0 Å². The molecule has 43 heavy (non-hydrogen) atoms. The third kappa shape index (κ3) is 10.7. The number of nitrogens with zero attached hydrogens (tertiary/aromatic N) is 1. The normalized spacial score (nSPS) is 13.3. The van der Waals surface area contributed by atoms with E-state index in [9.17, 15) is 29.4 Å². The predicted octanol–water partition coefficient (Wildman–Crippen LogP) is 2.17. The molecule has 0 bridgehead atoms. The average Bonchev–Trinajstić information content (AvgIpc) is 2.95. The zero-order valence-electron chi connectivity index (χ0n) is 24.2. The molecule has 1 heterocycles. The number of aliphatic hydroxyl groups is 1. The van der Waals surface area contributed by atoms with Crippen molar-refractivity contribution in [1.82, 2.24) is 20.9 Å². The molecule has 1 aromatic heterocycles. The van der Waals surface area contributed by atoms with Gasteiger partial charge in [-0.15, -0.1) is 11.8 Å². The lowest BCUT2D eigenvalue weighted by Gasteiger charge is -2.27. The summed E-state index contributed by atoms with van der Waals surface area (Å²) in [6, 6.07) is 16.6. The maximum Gasteiger partial charge on any atom is 0.270 e. The number of aliphatic hydroxyl groups excluding tert-OH is 1. The summed E-state index contributed by atoms with van der Waals surface area (Å²) in [4.78, 5) is 55.3. The van der Waals surface area contributed by atoms with Gasteiger partial charge in [0, 0.05) is 16.2 Å². The molecule has 0 saturated heterocycles. The lowest BCUT2D eigenvalue weighted by atomic mass is 10.0. The van der Waals surface area contributed by atoms with Crippen LogP contribution in [0.25, 0.3) is 0 Å². The van der Waals surface area contributed by atoms with E-state index >= 15 is 0 Å². The highest BCUT2D eigenvalue weighted by atomic mass is 32.2. The van der Waals surface area contributed by atoms with E-state index in [2.05, 4.69) is 20.9 Å². The van der Waals surface area contributed by atoms with Crippen LogP contribution in [-0.2, 0) is 16.0 Å². The topological polar surface area (TPSA) is 184 Å². The van der Waals surface area contributed by atoms with E-state index in [1.165, 1.54) is 23.9 Å². The van der Waals surface area contributed by atoms with Crippen molar-refractivity contribution in [2.45, 2.75) is 62.2 Å². The number of amides is 4. The number of hydrogen-bond acceptors (Lipinski definition) is 8. The average molecular weight is 608 g/mol. The van der Waals surface area contributed by atoms with Gasteiger partial charge in [-0.2, -0.15) is 0 Å². The largest absolute Gasteiger partial charge is 0.506 e. The number of carbonyl (C=O) groups is 4. The second-order valence-corrected chi connectivity index (χ2v) is 12.0. The summed E-state index contributed by atoms with van der Waals surface area (Å²) in [5.74, 6) is -2.55. The van der Waals surface area contributed by atoms with Gasteiger partial charge in [-0.1, -0.05) is 42.5 Å². The van der Waals surface area contributed by atoms with Gasteiger partial charge in [0.05, 0.1) is 30.3 Å². The first-order valence-corrected chi connectivity index (χ1v) is 14.6. The van der Waals surface area contributed by atoms with Crippen molar-refractivity contribution in [3.05, 3.63) is 89.7 Å². The molecule has 3 atom stereocenters. The molecule has 7 N–H and O–H groups in total. The minimum Gasteiger partial charge on any atom is -0.506 e. The molecule has 3 aromatic rings. The molecule has 11 nitrogen and oxygen atoms in total. The molecule has 0 aliphatic carbocycles. The Morgan fingerprint density at radius 1 is 0.930 bits per heavy atom. The van der Waals surface area contributed by atoms with Crippen molar-refractivity contribution in [2.75, 3.05) is 5.75 Å². The highest BCUT2D eigenvalue weighted by Gasteiger charge is 2.29. The second kappa shape index (κ2) is 15.2. The van der Waals surface area contributed by atoms with Gasteiger partial charge < -0.3 is 31.9 Å². The summed E-state index contributed by atoms with van der Waals surface area (Å²) < 4.78 is 0. The molecule has 0 aliphatic heterocycles. The summed E-state index contributed by atoms with van der Waals surface area (Å²) in [5, 5.41) is 28.9. The van der Waals surface area contributed by atoms with Gasteiger partial charge in [0.2, 0.25) is 11.8 Å². The van der Waals surface area contributed by atoms with Crippen LogP contribution in [-0.4, -0.2) is 68.3 Å². The molecule has 12 heteroatoms. The molecule has 0 saturated carbocycles. The Morgan fingerprint density at radius 2 is 1.60 bits per heavy atom.